The normalized spacial score (nSPS) is 12.4. The molecule has 0 aliphatic rings. The second kappa shape index (κ2) is 5.27. The van der Waals surface area contributed by atoms with E-state index in [4.69, 9.17) is 0 Å². The van der Waals surface area contributed by atoms with E-state index >= 15 is 0 Å². The van der Waals surface area contributed by atoms with Gasteiger partial charge in [-0.25, -0.2) is 9.97 Å². The van der Waals surface area contributed by atoms with E-state index in [-0.39, 0.29) is 0 Å². The van der Waals surface area contributed by atoms with E-state index in [0.717, 1.165) is 0 Å². The molecule has 1 aromatic carbocycles. The van der Waals surface area contributed by atoms with Gasteiger partial charge in [0.2, 0.25) is 0 Å². The van der Waals surface area contributed by atoms with E-state index < -0.39 is 6.10 Å². The quantitative estimate of drug-likeness (QED) is 0.900. The smallest absolute Gasteiger partial charge is 0.115 e. The molecule has 0 fully saturated rings. The van der Waals surface area contributed by atoms with Gasteiger partial charge in [0.25, 0.3) is 0 Å². The summed E-state index contributed by atoms with van der Waals surface area (Å²) in [5, 5.41) is 10.2. The highest BCUT2D eigenvalue weighted by molar-refractivity contribution is 5.38. The topological polar surface area (TPSA) is 46.0 Å². The van der Waals surface area contributed by atoms with Gasteiger partial charge in [0.05, 0.1) is 5.69 Å². The first-order valence-electron chi connectivity index (χ1n) is 6.08. The molecule has 0 aliphatic carbocycles. The molecule has 0 aliphatic heterocycles. The Morgan fingerprint density at radius 2 is 1.83 bits per heavy atom. The largest absolute Gasteiger partial charge is 0.386 e. The van der Waals surface area contributed by atoms with Crippen molar-refractivity contribution in [2.24, 2.45) is 0 Å². The average molecular weight is 242 g/mol. The summed E-state index contributed by atoms with van der Waals surface area (Å²) in [5.41, 5.74) is 5.57. The standard InChI is InChI=1S/C15H18N2O/c1-10-6-11(2)13(12(3)7-10)8-15(18)14-4-5-16-9-17-14/h4-7,9,15,18H,8H2,1-3H3. The molecule has 0 amide bonds. The Morgan fingerprint density at radius 1 is 1.17 bits per heavy atom. The third kappa shape index (κ3) is 2.74. The van der Waals surface area contributed by atoms with Crippen molar-refractivity contribution in [3.05, 3.63) is 58.7 Å². The number of hydrogen-bond acceptors (Lipinski definition) is 3. The Hall–Kier alpha value is -1.74. The Labute approximate surface area is 108 Å². The van der Waals surface area contributed by atoms with Crippen LogP contribution >= 0.6 is 0 Å². The minimum Gasteiger partial charge on any atom is -0.386 e. The molecule has 3 heteroatoms. The van der Waals surface area contributed by atoms with Crippen LogP contribution in [0.4, 0.5) is 0 Å². The van der Waals surface area contributed by atoms with Gasteiger partial charge in [0, 0.05) is 12.6 Å². The molecule has 1 unspecified atom stereocenters. The predicted octanol–water partition coefficient (Wildman–Crippen LogP) is 2.68. The van der Waals surface area contributed by atoms with Crippen molar-refractivity contribution >= 4 is 0 Å². The van der Waals surface area contributed by atoms with Gasteiger partial charge in [-0.1, -0.05) is 17.7 Å². The van der Waals surface area contributed by atoms with Gasteiger partial charge >= 0.3 is 0 Å². The molecule has 1 aromatic heterocycles. The molecule has 18 heavy (non-hydrogen) atoms. The molecule has 0 radical (unpaired) electrons. The zero-order chi connectivity index (χ0) is 13.1. The van der Waals surface area contributed by atoms with E-state index in [1.54, 1.807) is 12.3 Å². The minimum absolute atomic E-state index is 0.576. The van der Waals surface area contributed by atoms with Gasteiger partial charge in [0.1, 0.15) is 12.4 Å². The van der Waals surface area contributed by atoms with Crippen molar-refractivity contribution in [3.63, 3.8) is 0 Å². The fourth-order valence-electron chi connectivity index (χ4n) is 2.33. The zero-order valence-corrected chi connectivity index (χ0v) is 11.0. The second-order valence-electron chi connectivity index (χ2n) is 4.73. The van der Waals surface area contributed by atoms with Crippen LogP contribution in [0.15, 0.2) is 30.7 Å². The van der Waals surface area contributed by atoms with Crippen LogP contribution in [0.1, 0.15) is 34.1 Å². The maximum absolute atomic E-state index is 10.2. The van der Waals surface area contributed by atoms with Crippen LogP contribution in [0, 0.1) is 20.8 Å². The minimum atomic E-state index is -0.576. The van der Waals surface area contributed by atoms with Crippen molar-refractivity contribution in [1.82, 2.24) is 9.97 Å². The number of aliphatic hydroxyl groups excluding tert-OH is 1. The summed E-state index contributed by atoms with van der Waals surface area (Å²) < 4.78 is 0. The summed E-state index contributed by atoms with van der Waals surface area (Å²) in [6.07, 6.45) is 3.14. The fourth-order valence-corrected chi connectivity index (χ4v) is 2.33. The molecule has 1 atom stereocenters. The third-order valence-electron chi connectivity index (χ3n) is 3.18. The molecule has 1 heterocycles. The van der Waals surface area contributed by atoms with Crippen LogP contribution in [0.2, 0.25) is 0 Å². The molecule has 0 saturated heterocycles. The highest BCUT2D eigenvalue weighted by Gasteiger charge is 2.13. The molecule has 0 saturated carbocycles. The number of hydrogen-bond donors (Lipinski definition) is 1. The first-order chi connectivity index (χ1) is 8.58. The lowest BCUT2D eigenvalue weighted by atomic mass is 9.94. The SMILES string of the molecule is Cc1cc(C)c(CC(O)c2ccncn2)c(C)c1. The van der Waals surface area contributed by atoms with Crippen LogP contribution < -0.4 is 0 Å². The van der Waals surface area contributed by atoms with Crippen molar-refractivity contribution in [2.45, 2.75) is 33.3 Å². The number of aliphatic hydroxyl groups is 1. The van der Waals surface area contributed by atoms with E-state index in [1.165, 1.54) is 28.6 Å². The highest BCUT2D eigenvalue weighted by atomic mass is 16.3. The molecule has 2 aromatic rings. The molecule has 0 bridgehead atoms. The second-order valence-corrected chi connectivity index (χ2v) is 4.73. The monoisotopic (exact) mass is 242 g/mol. The van der Waals surface area contributed by atoms with Crippen molar-refractivity contribution in [2.75, 3.05) is 0 Å². The molecule has 3 nitrogen and oxygen atoms in total. The van der Waals surface area contributed by atoms with E-state index in [9.17, 15) is 5.11 Å². The van der Waals surface area contributed by atoms with Gasteiger partial charge in [-0.05, 0) is 43.5 Å². The summed E-state index contributed by atoms with van der Waals surface area (Å²) in [6.45, 7) is 6.26. The Kier molecular flexibility index (Phi) is 3.72. The summed E-state index contributed by atoms with van der Waals surface area (Å²) >= 11 is 0. The molecule has 0 spiro atoms. The third-order valence-corrected chi connectivity index (χ3v) is 3.18. The Bertz CT molecular complexity index is 514. The van der Waals surface area contributed by atoms with E-state index in [2.05, 4.69) is 42.9 Å². The lowest BCUT2D eigenvalue weighted by Gasteiger charge is -2.15. The number of nitrogens with zero attached hydrogens (tertiary/aromatic N) is 2. The summed E-state index contributed by atoms with van der Waals surface area (Å²) in [4.78, 5) is 7.95. The average Bonchev–Trinajstić information content (AvgIpc) is 2.34. The molecular weight excluding hydrogens is 224 g/mol. The van der Waals surface area contributed by atoms with Crippen LogP contribution in [0.25, 0.3) is 0 Å². The molecule has 94 valence electrons. The Morgan fingerprint density at radius 3 is 2.39 bits per heavy atom. The van der Waals surface area contributed by atoms with Crippen LogP contribution in [-0.4, -0.2) is 15.1 Å². The number of aromatic nitrogens is 2. The lowest BCUT2D eigenvalue weighted by molar-refractivity contribution is 0.173. The maximum atomic E-state index is 10.2. The van der Waals surface area contributed by atoms with E-state index in [0.29, 0.717) is 12.1 Å². The molecule has 1 N–H and O–H groups in total. The van der Waals surface area contributed by atoms with Crippen LogP contribution in [-0.2, 0) is 6.42 Å². The van der Waals surface area contributed by atoms with Gasteiger partial charge in [-0.15, -0.1) is 0 Å². The lowest BCUT2D eigenvalue weighted by Crippen LogP contribution is -2.07. The van der Waals surface area contributed by atoms with E-state index in [1.807, 2.05) is 0 Å². The van der Waals surface area contributed by atoms with Crippen molar-refractivity contribution < 1.29 is 5.11 Å². The summed E-state index contributed by atoms with van der Waals surface area (Å²) in [7, 11) is 0. The van der Waals surface area contributed by atoms with Gasteiger partial charge in [0.15, 0.2) is 0 Å². The number of rotatable bonds is 3. The predicted molar refractivity (Wildman–Crippen MR) is 71.3 cm³/mol. The Balaban J connectivity index is 2.25. The molecular formula is C15H18N2O. The fraction of sp³-hybridized carbons (Fsp3) is 0.333. The van der Waals surface area contributed by atoms with Gasteiger partial charge < -0.3 is 5.11 Å². The van der Waals surface area contributed by atoms with Crippen LogP contribution in [0.5, 0.6) is 0 Å². The summed E-state index contributed by atoms with van der Waals surface area (Å²) in [5.74, 6) is 0. The zero-order valence-electron chi connectivity index (χ0n) is 11.0. The maximum Gasteiger partial charge on any atom is 0.115 e. The highest BCUT2D eigenvalue weighted by Crippen LogP contribution is 2.22. The van der Waals surface area contributed by atoms with Crippen molar-refractivity contribution in [3.8, 4) is 0 Å². The van der Waals surface area contributed by atoms with Crippen molar-refractivity contribution in [1.29, 1.82) is 0 Å². The van der Waals surface area contributed by atoms with Crippen LogP contribution in [0.3, 0.4) is 0 Å². The number of benzene rings is 1. The number of aryl methyl sites for hydroxylation is 3. The first kappa shape index (κ1) is 12.7. The van der Waals surface area contributed by atoms with Gasteiger partial charge in [-0.3, -0.25) is 0 Å². The van der Waals surface area contributed by atoms with Gasteiger partial charge in [-0.2, -0.15) is 0 Å². The first-order valence-corrected chi connectivity index (χ1v) is 6.08. The summed E-state index contributed by atoms with van der Waals surface area (Å²) in [6, 6.07) is 6.05. The molecule has 2 rings (SSSR count).